The topological polar surface area (TPSA) is 77.4 Å². The van der Waals surface area contributed by atoms with E-state index in [-0.39, 0.29) is 48.7 Å². The average Bonchev–Trinajstić information content (AvgIpc) is 2.60. The maximum absolute atomic E-state index is 12.3. The van der Waals surface area contributed by atoms with Crippen molar-refractivity contribution in [3.63, 3.8) is 0 Å². The third kappa shape index (κ3) is 7.27. The van der Waals surface area contributed by atoms with E-state index >= 15 is 0 Å². The summed E-state index contributed by atoms with van der Waals surface area (Å²) < 4.78 is 5.18. The largest absolute Gasteiger partial charge is 0.508 e. The average molecular weight is 478 g/mol. The Bertz CT molecular complexity index is 592. The van der Waals surface area contributed by atoms with Gasteiger partial charge < -0.3 is 25.0 Å². The summed E-state index contributed by atoms with van der Waals surface area (Å²) in [7, 11) is 3.41. The molecule has 0 radical (unpaired) electrons. The van der Waals surface area contributed by atoms with Crippen LogP contribution in [0.15, 0.2) is 23.2 Å². The van der Waals surface area contributed by atoms with Crippen LogP contribution in [0.1, 0.15) is 26.3 Å². The Hall–Kier alpha value is -1.71. The highest BCUT2D eigenvalue weighted by Crippen LogP contribution is 2.23. The monoisotopic (exact) mass is 478 g/mol. The molecule has 0 fully saturated rings. The zero-order valence-electron chi connectivity index (χ0n) is 16.3. The molecule has 1 rings (SSSR count). The Morgan fingerprint density at radius 2 is 1.92 bits per heavy atom. The molecule has 1 aromatic carbocycles. The maximum Gasteiger partial charge on any atom is 0.242 e. The Balaban J connectivity index is 0.00000625. The first kappa shape index (κ1) is 24.3. The first-order valence-corrected chi connectivity index (χ1v) is 8.59. The fraction of sp³-hybridized carbons (Fsp3) is 0.556. The summed E-state index contributed by atoms with van der Waals surface area (Å²) in [6, 6.07) is 5.04. The van der Waals surface area contributed by atoms with Gasteiger partial charge in [-0.2, -0.15) is 0 Å². The summed E-state index contributed by atoms with van der Waals surface area (Å²) in [6.45, 7) is 8.50. The zero-order valence-corrected chi connectivity index (χ0v) is 18.6. The van der Waals surface area contributed by atoms with Crippen molar-refractivity contribution in [2.24, 2.45) is 4.99 Å². The number of likely N-dealkylation sites (N-methyl/N-ethyl adjacent to an activating group) is 2. The number of rotatable bonds is 8. The van der Waals surface area contributed by atoms with Crippen LogP contribution in [0.3, 0.4) is 0 Å². The highest BCUT2D eigenvalue weighted by Gasteiger charge is 2.15. The van der Waals surface area contributed by atoms with Gasteiger partial charge in [-0.05, 0) is 39.0 Å². The smallest absolute Gasteiger partial charge is 0.242 e. The number of carbonyl (C=O) groups excluding carboxylic acids is 1. The molecular weight excluding hydrogens is 447 g/mol. The molecule has 2 N–H and O–H groups in total. The molecule has 0 bridgehead atoms. The molecular formula is C18H31IN4O3. The Kier molecular flexibility index (Phi) is 11.8. The minimum Gasteiger partial charge on any atom is -0.508 e. The number of nitrogens with one attached hydrogen (secondary N) is 1. The quantitative estimate of drug-likeness (QED) is 0.341. The van der Waals surface area contributed by atoms with Crippen molar-refractivity contribution >= 4 is 35.8 Å². The van der Waals surface area contributed by atoms with Gasteiger partial charge in [0.25, 0.3) is 0 Å². The van der Waals surface area contributed by atoms with Gasteiger partial charge in [0.1, 0.15) is 11.5 Å². The SMILES string of the molecule is CCNC(=NCc1cc(OC)ccc1O)N(C)CC(=O)N(CC)CC.I. The van der Waals surface area contributed by atoms with Crippen LogP contribution in [0, 0.1) is 0 Å². The van der Waals surface area contributed by atoms with Gasteiger partial charge >= 0.3 is 0 Å². The summed E-state index contributed by atoms with van der Waals surface area (Å²) >= 11 is 0. The van der Waals surface area contributed by atoms with Crippen LogP contribution >= 0.6 is 24.0 Å². The predicted molar refractivity (Wildman–Crippen MR) is 115 cm³/mol. The van der Waals surface area contributed by atoms with Gasteiger partial charge in [0, 0.05) is 32.2 Å². The van der Waals surface area contributed by atoms with Crippen LogP contribution in [0.2, 0.25) is 0 Å². The predicted octanol–water partition coefficient (Wildman–Crippen LogP) is 2.28. The highest BCUT2D eigenvalue weighted by molar-refractivity contribution is 14.0. The number of hydrogen-bond acceptors (Lipinski definition) is 4. The van der Waals surface area contributed by atoms with Gasteiger partial charge in [0.05, 0.1) is 20.2 Å². The molecule has 1 aromatic rings. The third-order valence-corrected chi connectivity index (χ3v) is 3.87. The molecule has 7 nitrogen and oxygen atoms in total. The second kappa shape index (κ2) is 12.6. The fourth-order valence-electron chi connectivity index (χ4n) is 2.40. The van der Waals surface area contributed by atoms with Gasteiger partial charge in [-0.3, -0.25) is 4.79 Å². The standard InChI is InChI=1S/C18H30N4O3.HI/c1-6-19-18(21(4)13-17(24)22(7-2)8-3)20-12-14-11-15(25-5)9-10-16(14)23;/h9-11,23H,6-8,12-13H2,1-5H3,(H,19,20);1H. The Morgan fingerprint density at radius 3 is 2.46 bits per heavy atom. The van der Waals surface area contributed by atoms with Crippen LogP contribution in [-0.4, -0.2) is 67.1 Å². The third-order valence-electron chi connectivity index (χ3n) is 3.87. The molecule has 0 unspecified atom stereocenters. The number of methoxy groups -OCH3 is 1. The molecule has 1 amide bonds. The maximum atomic E-state index is 12.3. The van der Waals surface area contributed by atoms with Crippen molar-refractivity contribution in [2.75, 3.05) is 40.3 Å². The number of guanidine groups is 1. The molecule has 0 saturated carbocycles. The Morgan fingerprint density at radius 1 is 1.27 bits per heavy atom. The van der Waals surface area contributed by atoms with E-state index in [0.29, 0.717) is 36.9 Å². The zero-order chi connectivity index (χ0) is 18.8. The summed E-state index contributed by atoms with van der Waals surface area (Å²) in [5.41, 5.74) is 0.665. The number of nitrogens with zero attached hydrogens (tertiary/aromatic N) is 3. The summed E-state index contributed by atoms with van der Waals surface area (Å²) in [4.78, 5) is 20.4. The lowest BCUT2D eigenvalue weighted by atomic mass is 10.2. The van der Waals surface area contributed by atoms with Gasteiger partial charge in [0.2, 0.25) is 5.91 Å². The molecule has 8 heteroatoms. The molecule has 0 spiro atoms. The van der Waals surface area contributed by atoms with E-state index in [1.807, 2.05) is 27.8 Å². The lowest BCUT2D eigenvalue weighted by Crippen LogP contribution is -2.45. The molecule has 0 aliphatic heterocycles. The van der Waals surface area contributed by atoms with Crippen LogP contribution in [0.5, 0.6) is 11.5 Å². The van der Waals surface area contributed by atoms with Gasteiger partial charge in [-0.15, -0.1) is 24.0 Å². The molecule has 0 aliphatic rings. The number of carbonyl (C=O) groups is 1. The number of ether oxygens (including phenoxy) is 1. The van der Waals surface area contributed by atoms with E-state index in [4.69, 9.17) is 4.74 Å². The van der Waals surface area contributed by atoms with Gasteiger partial charge in [-0.25, -0.2) is 4.99 Å². The first-order valence-electron chi connectivity index (χ1n) is 8.59. The minimum atomic E-state index is 0. The van der Waals surface area contributed by atoms with Crippen LogP contribution < -0.4 is 10.1 Å². The van der Waals surface area contributed by atoms with Crippen LogP contribution in [0.25, 0.3) is 0 Å². The number of hydrogen-bond donors (Lipinski definition) is 2. The molecule has 0 atom stereocenters. The first-order chi connectivity index (χ1) is 12.0. The van der Waals surface area contributed by atoms with Crippen LogP contribution in [-0.2, 0) is 11.3 Å². The van der Waals surface area contributed by atoms with E-state index in [1.54, 1.807) is 35.1 Å². The normalized spacial score (nSPS) is 10.7. The molecule has 0 heterocycles. The number of phenols is 1. The van der Waals surface area contributed by atoms with E-state index in [2.05, 4.69) is 10.3 Å². The van der Waals surface area contributed by atoms with E-state index in [0.717, 1.165) is 0 Å². The molecule has 0 saturated heterocycles. The number of phenolic OH excluding ortho intramolecular Hbond substituents is 1. The fourth-order valence-corrected chi connectivity index (χ4v) is 2.40. The van der Waals surface area contributed by atoms with Crippen molar-refractivity contribution in [1.82, 2.24) is 15.1 Å². The highest BCUT2D eigenvalue weighted by atomic mass is 127. The second-order valence-corrected chi connectivity index (χ2v) is 5.59. The van der Waals surface area contributed by atoms with Gasteiger partial charge in [0.15, 0.2) is 5.96 Å². The molecule has 0 aromatic heterocycles. The molecule has 148 valence electrons. The van der Waals surface area contributed by atoms with Crippen molar-refractivity contribution in [1.29, 1.82) is 0 Å². The molecule has 0 aliphatic carbocycles. The second-order valence-electron chi connectivity index (χ2n) is 5.59. The minimum absolute atomic E-state index is 0. The van der Waals surface area contributed by atoms with Crippen molar-refractivity contribution < 1.29 is 14.6 Å². The summed E-state index contributed by atoms with van der Waals surface area (Å²) in [5, 5.41) is 13.1. The number of benzene rings is 1. The van der Waals surface area contributed by atoms with Crippen LogP contribution in [0.4, 0.5) is 0 Å². The summed E-state index contributed by atoms with van der Waals surface area (Å²) in [6.07, 6.45) is 0. The number of aromatic hydroxyl groups is 1. The summed E-state index contributed by atoms with van der Waals surface area (Å²) in [5.74, 6) is 1.51. The number of halogens is 1. The van der Waals surface area contributed by atoms with E-state index < -0.39 is 0 Å². The number of aliphatic imine (C=N–C) groups is 1. The van der Waals surface area contributed by atoms with Gasteiger partial charge in [-0.1, -0.05) is 0 Å². The van der Waals surface area contributed by atoms with Crippen molar-refractivity contribution in [2.45, 2.75) is 27.3 Å². The molecule has 26 heavy (non-hydrogen) atoms. The Labute approximate surface area is 173 Å². The van der Waals surface area contributed by atoms with Crippen molar-refractivity contribution in [3.8, 4) is 11.5 Å². The van der Waals surface area contributed by atoms with E-state index in [1.165, 1.54) is 0 Å². The van der Waals surface area contributed by atoms with E-state index in [9.17, 15) is 9.90 Å². The lowest BCUT2D eigenvalue weighted by Gasteiger charge is -2.25. The lowest BCUT2D eigenvalue weighted by molar-refractivity contribution is -0.131. The number of amides is 1. The van der Waals surface area contributed by atoms with Crippen molar-refractivity contribution in [3.05, 3.63) is 23.8 Å².